The molecular formula is C13H19NO5S. The minimum absolute atomic E-state index is 0.0777. The summed E-state index contributed by atoms with van der Waals surface area (Å²) >= 11 is 0. The van der Waals surface area contributed by atoms with Crippen LogP contribution >= 0.6 is 0 Å². The summed E-state index contributed by atoms with van der Waals surface area (Å²) in [4.78, 5) is 11.2. The van der Waals surface area contributed by atoms with Gasteiger partial charge in [-0.25, -0.2) is 8.42 Å². The van der Waals surface area contributed by atoms with Crippen LogP contribution in [0.2, 0.25) is 0 Å². The van der Waals surface area contributed by atoms with E-state index in [1.807, 2.05) is 0 Å². The van der Waals surface area contributed by atoms with Crippen LogP contribution in [0.4, 0.5) is 0 Å². The molecule has 0 saturated carbocycles. The molecule has 0 spiro atoms. The van der Waals surface area contributed by atoms with Crippen molar-refractivity contribution in [3.63, 3.8) is 0 Å². The first-order valence-corrected chi connectivity index (χ1v) is 7.65. The highest BCUT2D eigenvalue weighted by molar-refractivity contribution is 7.89. The van der Waals surface area contributed by atoms with E-state index >= 15 is 0 Å². The maximum Gasteiger partial charge on any atom is 0.324 e. The van der Waals surface area contributed by atoms with Gasteiger partial charge in [0, 0.05) is 0 Å². The number of rotatable bonds is 7. The molecule has 0 amide bonds. The fourth-order valence-corrected chi connectivity index (χ4v) is 3.46. The summed E-state index contributed by atoms with van der Waals surface area (Å²) in [5.41, 5.74) is -1.55. The molecule has 0 heterocycles. The first-order valence-electron chi connectivity index (χ1n) is 6.17. The van der Waals surface area contributed by atoms with Crippen molar-refractivity contribution in [2.75, 3.05) is 7.11 Å². The lowest BCUT2D eigenvalue weighted by molar-refractivity contribution is -0.143. The number of methoxy groups -OCH3 is 1. The van der Waals surface area contributed by atoms with Crippen molar-refractivity contribution >= 4 is 16.0 Å². The van der Waals surface area contributed by atoms with E-state index in [2.05, 4.69) is 4.72 Å². The number of benzene rings is 1. The van der Waals surface area contributed by atoms with Gasteiger partial charge >= 0.3 is 5.97 Å². The molecule has 1 aromatic rings. The number of carbonyl (C=O) groups is 1. The van der Waals surface area contributed by atoms with Crippen LogP contribution in [0.5, 0.6) is 5.75 Å². The van der Waals surface area contributed by atoms with Crippen molar-refractivity contribution in [2.45, 2.75) is 37.1 Å². The molecule has 2 N–H and O–H groups in total. The van der Waals surface area contributed by atoms with Gasteiger partial charge < -0.3 is 9.84 Å². The van der Waals surface area contributed by atoms with E-state index in [0.29, 0.717) is 6.42 Å². The van der Waals surface area contributed by atoms with Gasteiger partial charge in [-0.15, -0.1) is 0 Å². The molecule has 1 unspecified atom stereocenters. The Morgan fingerprint density at radius 3 is 2.50 bits per heavy atom. The van der Waals surface area contributed by atoms with Gasteiger partial charge in [-0.2, -0.15) is 4.72 Å². The Balaban J connectivity index is 3.20. The second-order valence-corrected chi connectivity index (χ2v) is 6.29. The van der Waals surface area contributed by atoms with Crippen molar-refractivity contribution in [1.82, 2.24) is 4.72 Å². The van der Waals surface area contributed by atoms with Gasteiger partial charge in [0.25, 0.3) is 0 Å². The molecule has 1 rings (SSSR count). The fraction of sp³-hybridized carbons (Fsp3) is 0.462. The number of nitrogens with one attached hydrogen (secondary N) is 1. The van der Waals surface area contributed by atoms with E-state index in [-0.39, 0.29) is 17.1 Å². The van der Waals surface area contributed by atoms with Crippen LogP contribution in [0, 0.1) is 0 Å². The predicted octanol–water partition coefficient (Wildman–Crippen LogP) is 1.62. The lowest BCUT2D eigenvalue weighted by atomic mass is 9.98. The second-order valence-electron chi connectivity index (χ2n) is 4.64. The van der Waals surface area contributed by atoms with Crippen LogP contribution in [-0.2, 0) is 14.8 Å². The third-order valence-electron chi connectivity index (χ3n) is 2.94. The zero-order chi connectivity index (χ0) is 15.4. The average Bonchev–Trinajstić information content (AvgIpc) is 2.38. The number of para-hydroxylation sites is 1. The molecule has 0 radical (unpaired) electrons. The van der Waals surface area contributed by atoms with Crippen molar-refractivity contribution in [3.8, 4) is 5.75 Å². The number of carboxylic acids is 1. The quantitative estimate of drug-likeness (QED) is 0.798. The molecule has 0 bridgehead atoms. The number of ether oxygens (including phenoxy) is 1. The molecular weight excluding hydrogens is 282 g/mol. The van der Waals surface area contributed by atoms with Crippen LogP contribution in [0.3, 0.4) is 0 Å². The van der Waals surface area contributed by atoms with Crippen molar-refractivity contribution in [1.29, 1.82) is 0 Å². The van der Waals surface area contributed by atoms with Crippen LogP contribution < -0.4 is 9.46 Å². The highest BCUT2D eigenvalue weighted by Gasteiger charge is 2.37. The highest BCUT2D eigenvalue weighted by atomic mass is 32.2. The Kier molecular flexibility index (Phi) is 5.13. The molecule has 112 valence electrons. The average molecular weight is 301 g/mol. The maximum atomic E-state index is 12.4. The Morgan fingerprint density at radius 2 is 2.00 bits per heavy atom. The monoisotopic (exact) mass is 301 g/mol. The lowest BCUT2D eigenvalue weighted by Gasteiger charge is -2.25. The molecule has 0 fully saturated rings. The second kappa shape index (κ2) is 6.23. The van der Waals surface area contributed by atoms with Crippen LogP contribution in [0.15, 0.2) is 29.2 Å². The molecule has 0 aromatic heterocycles. The summed E-state index contributed by atoms with van der Waals surface area (Å²) in [6.07, 6.45) is 0.730. The highest BCUT2D eigenvalue weighted by Crippen LogP contribution is 2.25. The fourth-order valence-electron chi connectivity index (χ4n) is 1.89. The Morgan fingerprint density at radius 1 is 1.40 bits per heavy atom. The third kappa shape index (κ3) is 3.49. The number of sulfonamides is 1. The predicted molar refractivity (Wildman–Crippen MR) is 74.3 cm³/mol. The molecule has 1 atom stereocenters. The van der Waals surface area contributed by atoms with Gasteiger partial charge in [0.2, 0.25) is 10.0 Å². The molecule has 0 aliphatic rings. The van der Waals surface area contributed by atoms with Crippen molar-refractivity contribution in [2.24, 2.45) is 0 Å². The first-order chi connectivity index (χ1) is 9.27. The van der Waals surface area contributed by atoms with Gasteiger partial charge in [-0.1, -0.05) is 25.5 Å². The zero-order valence-electron chi connectivity index (χ0n) is 11.7. The van der Waals surface area contributed by atoms with Crippen LogP contribution in [0.25, 0.3) is 0 Å². The molecule has 6 nitrogen and oxygen atoms in total. The topological polar surface area (TPSA) is 92.7 Å². The smallest absolute Gasteiger partial charge is 0.324 e. The van der Waals surface area contributed by atoms with E-state index in [4.69, 9.17) is 4.74 Å². The van der Waals surface area contributed by atoms with E-state index in [1.54, 1.807) is 19.1 Å². The third-order valence-corrected chi connectivity index (χ3v) is 4.58. The molecule has 1 aromatic carbocycles. The largest absolute Gasteiger partial charge is 0.495 e. The number of carboxylic acid groups (broad SMARTS) is 1. The molecule has 20 heavy (non-hydrogen) atoms. The number of hydrogen-bond donors (Lipinski definition) is 2. The summed E-state index contributed by atoms with van der Waals surface area (Å²) in [5.74, 6) is -1.04. The van der Waals surface area contributed by atoms with Gasteiger partial charge in [0.1, 0.15) is 16.2 Å². The van der Waals surface area contributed by atoms with E-state index < -0.39 is 21.5 Å². The van der Waals surface area contributed by atoms with Crippen LogP contribution in [-0.4, -0.2) is 32.1 Å². The summed E-state index contributed by atoms with van der Waals surface area (Å²) in [6.45, 7) is 3.14. The van der Waals surface area contributed by atoms with Crippen LogP contribution in [0.1, 0.15) is 26.7 Å². The summed E-state index contributed by atoms with van der Waals surface area (Å²) < 4.78 is 32.0. The maximum absolute atomic E-state index is 12.4. The Hall–Kier alpha value is -1.60. The number of aliphatic carboxylic acids is 1. The van der Waals surface area contributed by atoms with Gasteiger partial charge in [0.05, 0.1) is 7.11 Å². The standard InChI is InChI=1S/C13H19NO5S/c1-4-9-13(2,12(15)16)14-20(17,18)11-8-6-5-7-10(11)19-3/h5-8,14H,4,9H2,1-3H3,(H,15,16). The normalized spacial score (nSPS) is 14.6. The van der Waals surface area contributed by atoms with Crippen molar-refractivity contribution < 1.29 is 23.1 Å². The SMILES string of the molecule is CCCC(C)(NS(=O)(=O)c1ccccc1OC)C(=O)O. The van der Waals surface area contributed by atoms with Crippen molar-refractivity contribution in [3.05, 3.63) is 24.3 Å². The summed E-state index contributed by atoms with van der Waals surface area (Å²) in [6, 6.07) is 6.07. The first kappa shape index (κ1) is 16.5. The minimum Gasteiger partial charge on any atom is -0.495 e. The summed E-state index contributed by atoms with van der Waals surface area (Å²) in [5, 5.41) is 9.24. The summed E-state index contributed by atoms with van der Waals surface area (Å²) in [7, 11) is -2.63. The Labute approximate surface area is 118 Å². The molecule has 0 saturated heterocycles. The molecule has 0 aliphatic heterocycles. The minimum atomic E-state index is -3.98. The van der Waals surface area contributed by atoms with Gasteiger partial charge in [-0.05, 0) is 25.5 Å². The van der Waals surface area contributed by atoms with E-state index in [9.17, 15) is 18.3 Å². The zero-order valence-corrected chi connectivity index (χ0v) is 12.5. The van der Waals surface area contributed by atoms with Gasteiger partial charge in [-0.3, -0.25) is 4.79 Å². The number of hydrogen-bond acceptors (Lipinski definition) is 4. The Bertz CT molecular complexity index is 584. The van der Waals surface area contributed by atoms with E-state index in [1.165, 1.54) is 26.2 Å². The lowest BCUT2D eigenvalue weighted by Crippen LogP contribution is -2.51. The molecule has 0 aliphatic carbocycles. The molecule has 7 heteroatoms. The van der Waals surface area contributed by atoms with E-state index in [0.717, 1.165) is 0 Å². The van der Waals surface area contributed by atoms with Gasteiger partial charge in [0.15, 0.2) is 0 Å².